The highest BCUT2D eigenvalue weighted by Crippen LogP contribution is 2.25. The molecule has 24 heavy (non-hydrogen) atoms. The zero-order valence-corrected chi connectivity index (χ0v) is 14.3. The first-order valence-electron chi connectivity index (χ1n) is 8.28. The molecule has 1 saturated heterocycles. The molecule has 0 aliphatic carbocycles. The maximum Gasteiger partial charge on any atom is 0.249 e. The number of halogens is 1. The van der Waals surface area contributed by atoms with Crippen LogP contribution in [-0.4, -0.2) is 33.4 Å². The second-order valence-electron chi connectivity index (χ2n) is 6.46. The molecule has 1 aliphatic heterocycles. The number of carbonyl (C=O) groups excluding carboxylic acids is 1. The van der Waals surface area contributed by atoms with E-state index in [1.807, 2.05) is 30.9 Å². The summed E-state index contributed by atoms with van der Waals surface area (Å²) in [6.07, 6.45) is 5.92. The second kappa shape index (κ2) is 6.59. The number of likely N-dealkylation sites (tertiary alicyclic amines) is 1. The second-order valence-corrected chi connectivity index (χ2v) is 6.46. The molecule has 0 saturated carbocycles. The van der Waals surface area contributed by atoms with E-state index in [4.69, 9.17) is 0 Å². The lowest BCUT2D eigenvalue weighted by molar-refractivity contribution is -0.129. The van der Waals surface area contributed by atoms with Gasteiger partial charge in [0.1, 0.15) is 5.82 Å². The first-order valence-corrected chi connectivity index (χ1v) is 8.28. The van der Waals surface area contributed by atoms with E-state index in [0.717, 1.165) is 24.2 Å². The highest BCUT2D eigenvalue weighted by atomic mass is 19.1. The van der Waals surface area contributed by atoms with Crippen molar-refractivity contribution in [1.29, 1.82) is 0 Å². The maximum atomic E-state index is 14.4. The van der Waals surface area contributed by atoms with Crippen molar-refractivity contribution in [2.45, 2.75) is 27.2 Å². The van der Waals surface area contributed by atoms with E-state index in [1.165, 1.54) is 6.07 Å². The molecule has 5 heteroatoms. The van der Waals surface area contributed by atoms with Gasteiger partial charge in [-0.15, -0.1) is 0 Å². The molecule has 126 valence electrons. The molecular formula is C19H22FN3O. The SMILES string of the molecule is CCN1C[C@H](C)C/C(=C\c2ccc(-n3cnc(C)c3)c(F)c2)C1=O. The maximum absolute atomic E-state index is 14.4. The van der Waals surface area contributed by atoms with E-state index in [1.54, 1.807) is 23.2 Å². The predicted octanol–water partition coefficient (Wildman–Crippen LogP) is 3.59. The summed E-state index contributed by atoms with van der Waals surface area (Å²) < 4.78 is 16.1. The van der Waals surface area contributed by atoms with Crippen molar-refractivity contribution in [2.24, 2.45) is 5.92 Å². The first kappa shape index (κ1) is 16.4. The lowest BCUT2D eigenvalue weighted by atomic mass is 9.93. The summed E-state index contributed by atoms with van der Waals surface area (Å²) in [7, 11) is 0. The summed E-state index contributed by atoms with van der Waals surface area (Å²) in [5, 5.41) is 0. The Kier molecular flexibility index (Phi) is 4.51. The van der Waals surface area contributed by atoms with E-state index in [2.05, 4.69) is 11.9 Å². The Labute approximate surface area is 141 Å². The number of imidazole rings is 1. The monoisotopic (exact) mass is 327 g/mol. The molecule has 1 fully saturated rings. The molecule has 3 rings (SSSR count). The molecule has 0 spiro atoms. The Balaban J connectivity index is 1.90. The zero-order chi connectivity index (χ0) is 17.3. The molecule has 1 aromatic carbocycles. The van der Waals surface area contributed by atoms with Gasteiger partial charge >= 0.3 is 0 Å². The van der Waals surface area contributed by atoms with Crippen LogP contribution in [0.3, 0.4) is 0 Å². The number of nitrogens with zero attached hydrogens (tertiary/aromatic N) is 3. The van der Waals surface area contributed by atoms with Crippen LogP contribution in [0.1, 0.15) is 31.5 Å². The molecule has 0 unspecified atom stereocenters. The fourth-order valence-corrected chi connectivity index (χ4v) is 3.16. The van der Waals surface area contributed by atoms with Crippen LogP contribution in [-0.2, 0) is 4.79 Å². The van der Waals surface area contributed by atoms with E-state index in [9.17, 15) is 9.18 Å². The number of hydrogen-bond donors (Lipinski definition) is 0. The standard InChI is InChI=1S/C19H22FN3O/c1-4-22-10-13(2)7-16(19(22)24)8-15-5-6-18(17(20)9-15)23-11-14(3)21-12-23/h5-6,8-9,11-13H,4,7,10H2,1-3H3/b16-8+/t13-/m1/s1. The number of amides is 1. The van der Waals surface area contributed by atoms with Gasteiger partial charge in [0.15, 0.2) is 0 Å². The Morgan fingerprint density at radius 1 is 1.42 bits per heavy atom. The third-order valence-electron chi connectivity index (χ3n) is 4.35. The van der Waals surface area contributed by atoms with Crippen LogP contribution in [0.4, 0.5) is 4.39 Å². The largest absolute Gasteiger partial charge is 0.339 e. The number of piperidine rings is 1. The number of rotatable bonds is 3. The number of aryl methyl sites for hydroxylation is 1. The molecule has 4 nitrogen and oxygen atoms in total. The fourth-order valence-electron chi connectivity index (χ4n) is 3.16. The molecule has 1 atom stereocenters. The van der Waals surface area contributed by atoms with Gasteiger partial charge in [-0.25, -0.2) is 9.37 Å². The van der Waals surface area contributed by atoms with Gasteiger partial charge in [0.2, 0.25) is 5.91 Å². The minimum Gasteiger partial charge on any atom is -0.339 e. The number of hydrogen-bond acceptors (Lipinski definition) is 2. The van der Waals surface area contributed by atoms with Crippen molar-refractivity contribution in [2.75, 3.05) is 13.1 Å². The van der Waals surface area contributed by atoms with Crippen LogP contribution in [0.25, 0.3) is 11.8 Å². The summed E-state index contributed by atoms with van der Waals surface area (Å²) in [6.45, 7) is 7.47. The van der Waals surface area contributed by atoms with Gasteiger partial charge < -0.3 is 9.47 Å². The zero-order valence-electron chi connectivity index (χ0n) is 14.3. The van der Waals surface area contributed by atoms with Crippen LogP contribution in [0.5, 0.6) is 0 Å². The highest BCUT2D eigenvalue weighted by Gasteiger charge is 2.26. The Bertz CT molecular complexity index is 794. The number of carbonyl (C=O) groups is 1. The molecule has 0 bridgehead atoms. The number of likely N-dealkylation sites (N-methyl/N-ethyl adjacent to an activating group) is 1. The minimum absolute atomic E-state index is 0.0605. The van der Waals surface area contributed by atoms with Gasteiger partial charge in [0.25, 0.3) is 0 Å². The van der Waals surface area contributed by atoms with Gasteiger partial charge in [-0.1, -0.05) is 13.0 Å². The molecule has 0 radical (unpaired) electrons. The highest BCUT2D eigenvalue weighted by molar-refractivity contribution is 5.98. The first-order chi connectivity index (χ1) is 11.5. The van der Waals surface area contributed by atoms with Crippen LogP contribution >= 0.6 is 0 Å². The predicted molar refractivity (Wildman–Crippen MR) is 92.3 cm³/mol. The van der Waals surface area contributed by atoms with Crippen molar-refractivity contribution >= 4 is 12.0 Å². The van der Waals surface area contributed by atoms with Crippen LogP contribution < -0.4 is 0 Å². The lowest BCUT2D eigenvalue weighted by Crippen LogP contribution is -2.40. The van der Waals surface area contributed by atoms with Crippen LogP contribution in [0, 0.1) is 18.7 Å². The molecular weight excluding hydrogens is 305 g/mol. The van der Waals surface area contributed by atoms with Gasteiger partial charge in [0, 0.05) is 24.9 Å². The Morgan fingerprint density at radius 2 is 2.21 bits per heavy atom. The quantitative estimate of drug-likeness (QED) is 0.808. The van der Waals surface area contributed by atoms with Crippen molar-refractivity contribution < 1.29 is 9.18 Å². The molecule has 1 amide bonds. The van der Waals surface area contributed by atoms with E-state index < -0.39 is 0 Å². The van der Waals surface area contributed by atoms with Gasteiger partial charge in [-0.2, -0.15) is 0 Å². The summed E-state index contributed by atoms with van der Waals surface area (Å²) in [4.78, 5) is 18.4. The third-order valence-corrected chi connectivity index (χ3v) is 4.35. The van der Waals surface area contributed by atoms with Crippen molar-refractivity contribution in [3.63, 3.8) is 0 Å². The molecule has 2 heterocycles. The van der Waals surface area contributed by atoms with Crippen molar-refractivity contribution in [3.05, 3.63) is 53.4 Å². The number of benzene rings is 1. The van der Waals surface area contributed by atoms with E-state index in [0.29, 0.717) is 23.7 Å². The van der Waals surface area contributed by atoms with Crippen molar-refractivity contribution in [3.8, 4) is 5.69 Å². The molecule has 1 aromatic heterocycles. The minimum atomic E-state index is -0.328. The average Bonchev–Trinajstić information content (AvgIpc) is 2.97. The molecule has 1 aliphatic rings. The Morgan fingerprint density at radius 3 is 2.83 bits per heavy atom. The van der Waals surface area contributed by atoms with Gasteiger partial charge in [-0.3, -0.25) is 4.79 Å². The van der Waals surface area contributed by atoms with E-state index in [-0.39, 0.29) is 11.7 Å². The Hall–Kier alpha value is -2.43. The summed E-state index contributed by atoms with van der Waals surface area (Å²) in [6, 6.07) is 5.03. The summed E-state index contributed by atoms with van der Waals surface area (Å²) in [5.41, 5.74) is 2.75. The topological polar surface area (TPSA) is 38.1 Å². The normalized spacial score (nSPS) is 20.0. The van der Waals surface area contributed by atoms with Crippen molar-refractivity contribution in [1.82, 2.24) is 14.5 Å². The summed E-state index contributed by atoms with van der Waals surface area (Å²) in [5.74, 6) is 0.155. The summed E-state index contributed by atoms with van der Waals surface area (Å²) >= 11 is 0. The number of aromatic nitrogens is 2. The molecule has 0 N–H and O–H groups in total. The molecule has 2 aromatic rings. The lowest BCUT2D eigenvalue weighted by Gasteiger charge is -2.31. The van der Waals surface area contributed by atoms with Gasteiger partial charge in [-0.05, 0) is 50.0 Å². The van der Waals surface area contributed by atoms with Crippen LogP contribution in [0.15, 0.2) is 36.3 Å². The smallest absolute Gasteiger partial charge is 0.249 e. The fraction of sp³-hybridized carbons (Fsp3) is 0.368. The average molecular weight is 327 g/mol. The third kappa shape index (κ3) is 3.25. The van der Waals surface area contributed by atoms with Gasteiger partial charge in [0.05, 0.1) is 17.7 Å². The van der Waals surface area contributed by atoms with E-state index >= 15 is 0 Å². The van der Waals surface area contributed by atoms with Crippen LogP contribution in [0.2, 0.25) is 0 Å².